The average molecular weight is 1080 g/mol. The van der Waals surface area contributed by atoms with Crippen LogP contribution >= 0.6 is 0 Å². The van der Waals surface area contributed by atoms with Gasteiger partial charge in [-0.15, -0.1) is 0 Å². The van der Waals surface area contributed by atoms with Gasteiger partial charge in [0.05, 0.1) is 33.4 Å². The van der Waals surface area contributed by atoms with Gasteiger partial charge in [0.15, 0.2) is 0 Å². The van der Waals surface area contributed by atoms with Crippen LogP contribution in [0.1, 0.15) is 79.0 Å². The van der Waals surface area contributed by atoms with Gasteiger partial charge in [0.25, 0.3) is 6.33 Å². The molecule has 0 fully saturated rings. The van der Waals surface area contributed by atoms with E-state index in [2.05, 4.69) is 313 Å². The van der Waals surface area contributed by atoms with Crippen molar-refractivity contribution in [1.82, 2.24) is 14.1 Å². The molecular weight excluding hydrogens is 1010 g/mol. The molecule has 0 saturated carbocycles. The summed E-state index contributed by atoms with van der Waals surface area (Å²) in [5.41, 5.74) is 23.6. The van der Waals surface area contributed by atoms with Crippen molar-refractivity contribution >= 4 is 32.8 Å². The molecule has 1 aliphatic heterocycles. The van der Waals surface area contributed by atoms with Crippen LogP contribution in [0, 0.1) is 6.33 Å². The van der Waals surface area contributed by atoms with Gasteiger partial charge >= 0.3 is 0 Å². The van der Waals surface area contributed by atoms with Crippen molar-refractivity contribution < 1.29 is 9.30 Å². The van der Waals surface area contributed by atoms with Gasteiger partial charge in [-0.05, 0) is 148 Å². The summed E-state index contributed by atoms with van der Waals surface area (Å²) < 4.78 is 14.0. The third-order valence-corrected chi connectivity index (χ3v) is 16.9. The van der Waals surface area contributed by atoms with Crippen molar-refractivity contribution in [3.63, 3.8) is 0 Å². The number of pyridine rings is 1. The summed E-state index contributed by atoms with van der Waals surface area (Å²) in [6.07, 6.45) is 6.07. The highest BCUT2D eigenvalue weighted by Crippen LogP contribution is 2.48. The van der Waals surface area contributed by atoms with Gasteiger partial charge in [-0.25, -0.2) is 4.98 Å². The molecule has 3 aromatic heterocycles. The second kappa shape index (κ2) is 19.6. The van der Waals surface area contributed by atoms with E-state index in [4.69, 9.17) is 9.72 Å². The van der Waals surface area contributed by atoms with Crippen LogP contribution in [0.3, 0.4) is 0 Å². The monoisotopic (exact) mass is 1070 g/mol. The van der Waals surface area contributed by atoms with E-state index in [0.717, 1.165) is 94.9 Å². The molecule has 0 atom stereocenters. The topological polar surface area (TPSA) is 35.9 Å². The lowest BCUT2D eigenvalue weighted by atomic mass is 9.78. The van der Waals surface area contributed by atoms with E-state index in [9.17, 15) is 0 Å². The summed E-state index contributed by atoms with van der Waals surface area (Å²) in [7, 11) is 0. The second-order valence-electron chi connectivity index (χ2n) is 25.4. The molecular formula is C78H66N4O. The number of hydrogen-bond acceptors (Lipinski definition) is 2. The van der Waals surface area contributed by atoms with Gasteiger partial charge in [-0.3, -0.25) is 13.7 Å². The Hall–Kier alpha value is -9.58. The van der Waals surface area contributed by atoms with Gasteiger partial charge in [-0.2, -0.15) is 0 Å². The molecule has 0 spiro atoms. The molecule has 13 aromatic rings. The number of hydrogen-bond donors (Lipinski definition) is 0. The fourth-order valence-electron chi connectivity index (χ4n) is 12.5. The van der Waals surface area contributed by atoms with E-state index in [1.807, 2.05) is 6.20 Å². The van der Waals surface area contributed by atoms with E-state index in [0.29, 0.717) is 5.75 Å². The second-order valence-corrected chi connectivity index (χ2v) is 25.4. The molecule has 0 aliphatic carbocycles. The number of fused-ring (bicyclic) bond motifs is 10. The minimum Gasteiger partial charge on any atom is -0.458 e. The molecule has 404 valence electrons. The van der Waals surface area contributed by atoms with Crippen molar-refractivity contribution in [3.05, 3.63) is 260 Å². The average Bonchev–Trinajstić information content (AvgIpc) is 3.28. The largest absolute Gasteiger partial charge is 0.458 e. The van der Waals surface area contributed by atoms with E-state index in [1.54, 1.807) is 0 Å². The van der Waals surface area contributed by atoms with E-state index in [-0.39, 0.29) is 16.2 Å². The first-order chi connectivity index (χ1) is 40.1. The van der Waals surface area contributed by atoms with Crippen LogP contribution in [0.4, 0.5) is 0 Å². The van der Waals surface area contributed by atoms with Crippen molar-refractivity contribution in [2.45, 2.75) is 78.6 Å². The summed E-state index contributed by atoms with van der Waals surface area (Å²) in [5.74, 6) is 2.31. The quantitative estimate of drug-likeness (QED) is 0.118. The van der Waals surface area contributed by atoms with Crippen LogP contribution in [0.15, 0.2) is 237 Å². The standard InChI is InChI=1S/C78H66N4O/c1-76(2,3)52-41-42-79-72(46-52)82-70-36-20-19-33-65(70)66-38-37-57(48-71(66)82)83-56-26-21-25-55(47-56)80-49-81-73-59(50-23-11-10-12-24-50)34-22-35-67(73)63-31-17-15-29-61(63)62-30-16-18-32-64(62)69-40-39-68(74(80)75(69)81)60-28-14-13-27-58(60)51-43-53(77(4,5)6)45-54(44-51)78(7,8)9/h10-48H,1-9H3. The Kier molecular flexibility index (Phi) is 12.2. The van der Waals surface area contributed by atoms with Crippen LogP contribution < -0.4 is 9.30 Å². The Morgan fingerprint density at radius 2 is 0.928 bits per heavy atom. The molecule has 5 heteroatoms. The van der Waals surface area contributed by atoms with Crippen molar-refractivity contribution in [2.24, 2.45) is 0 Å². The van der Waals surface area contributed by atoms with Crippen molar-refractivity contribution in [3.8, 4) is 95.5 Å². The maximum Gasteiger partial charge on any atom is 0.269 e. The summed E-state index contributed by atoms with van der Waals surface area (Å²) in [6, 6.07) is 84.2. The first-order valence-electron chi connectivity index (χ1n) is 29.0. The van der Waals surface area contributed by atoms with E-state index < -0.39 is 0 Å². The summed E-state index contributed by atoms with van der Waals surface area (Å²) in [6.45, 7) is 20.6. The molecule has 1 aliphatic rings. The number of para-hydroxylation sites is 2. The summed E-state index contributed by atoms with van der Waals surface area (Å²) in [5, 5.41) is 2.30. The Morgan fingerprint density at radius 1 is 0.386 bits per heavy atom. The zero-order valence-electron chi connectivity index (χ0n) is 48.7. The Balaban J connectivity index is 1.04. The molecule has 14 rings (SSSR count). The molecule has 5 nitrogen and oxygen atoms in total. The minimum atomic E-state index is -0.0668. The van der Waals surface area contributed by atoms with Gasteiger partial charge < -0.3 is 4.74 Å². The fraction of sp³-hybridized carbons (Fsp3) is 0.154. The van der Waals surface area contributed by atoms with Crippen LogP contribution in [0.2, 0.25) is 0 Å². The molecule has 10 aromatic carbocycles. The third kappa shape index (κ3) is 8.94. The molecule has 0 amide bonds. The van der Waals surface area contributed by atoms with Gasteiger partial charge in [-0.1, -0.05) is 238 Å². The maximum atomic E-state index is 7.07. The number of nitrogens with zero attached hydrogens (tertiary/aromatic N) is 4. The minimum absolute atomic E-state index is 0.0453. The van der Waals surface area contributed by atoms with Crippen molar-refractivity contribution in [1.29, 1.82) is 0 Å². The molecule has 0 saturated heterocycles. The molecule has 0 unspecified atom stereocenters. The predicted molar refractivity (Wildman–Crippen MR) is 345 cm³/mol. The Bertz CT molecular complexity index is 4670. The first-order valence-corrected chi connectivity index (χ1v) is 29.0. The summed E-state index contributed by atoms with van der Waals surface area (Å²) in [4.78, 5) is 4.97. The summed E-state index contributed by atoms with van der Waals surface area (Å²) >= 11 is 0. The molecule has 0 N–H and O–H groups in total. The predicted octanol–water partition coefficient (Wildman–Crippen LogP) is 20.2. The highest BCUT2D eigenvalue weighted by molar-refractivity contribution is 6.10. The lowest BCUT2D eigenvalue weighted by Gasteiger charge is -2.27. The lowest BCUT2D eigenvalue weighted by molar-refractivity contribution is -0.570. The smallest absolute Gasteiger partial charge is 0.269 e. The number of benzene rings is 10. The molecule has 83 heavy (non-hydrogen) atoms. The fourth-order valence-corrected chi connectivity index (χ4v) is 12.5. The number of ether oxygens (including phenoxy) is 1. The van der Waals surface area contributed by atoms with Crippen LogP contribution in [0.5, 0.6) is 11.5 Å². The van der Waals surface area contributed by atoms with Crippen molar-refractivity contribution in [2.75, 3.05) is 0 Å². The van der Waals surface area contributed by atoms with E-state index >= 15 is 0 Å². The molecule has 0 bridgehead atoms. The molecule has 4 heterocycles. The van der Waals surface area contributed by atoms with Gasteiger partial charge in [0, 0.05) is 23.0 Å². The van der Waals surface area contributed by atoms with Crippen LogP contribution in [-0.2, 0) is 16.2 Å². The molecule has 0 radical (unpaired) electrons. The van der Waals surface area contributed by atoms with E-state index in [1.165, 1.54) is 44.3 Å². The lowest BCUT2D eigenvalue weighted by Crippen LogP contribution is -2.32. The first kappa shape index (κ1) is 51.6. The van der Waals surface area contributed by atoms with Crippen LogP contribution in [-0.4, -0.2) is 14.1 Å². The van der Waals surface area contributed by atoms with Crippen LogP contribution in [0.25, 0.3) is 117 Å². The van der Waals surface area contributed by atoms with Gasteiger partial charge in [0.2, 0.25) is 0 Å². The maximum absolute atomic E-state index is 7.07. The number of rotatable bonds is 7. The zero-order chi connectivity index (χ0) is 56.9. The normalized spacial score (nSPS) is 12.4. The number of imidazole rings is 1. The SMILES string of the molecule is CC(C)(C)c1cc(-c2ccccc2-c2ccc3c4c2n(-c2cccc(Oc5ccc6c7ccccc7n(-c7cc(C(C)(C)C)ccn7)c6c5)c2)[c-][n+]4-c2c(-c4ccccc4)cccc2-c2ccccc2-c2ccccc2-3)cc(C(C)(C)C)c1. The number of aromatic nitrogens is 4. The Morgan fingerprint density at radius 3 is 1.61 bits per heavy atom. The highest BCUT2D eigenvalue weighted by Gasteiger charge is 2.30. The van der Waals surface area contributed by atoms with Gasteiger partial charge in [0.1, 0.15) is 17.3 Å². The Labute approximate surface area is 487 Å². The zero-order valence-corrected chi connectivity index (χ0v) is 48.7. The third-order valence-electron chi connectivity index (χ3n) is 16.9. The highest BCUT2D eigenvalue weighted by atomic mass is 16.5.